The minimum Gasteiger partial charge on any atom is -0.359 e. The first kappa shape index (κ1) is 13.2. The molecule has 0 aromatic heterocycles. The monoisotopic (exact) mass is 255 g/mol. The van der Waals surface area contributed by atoms with E-state index < -0.39 is 0 Å². The number of likely N-dealkylation sites (tertiary alicyclic amines) is 1. The van der Waals surface area contributed by atoms with Crippen molar-refractivity contribution in [3.8, 4) is 0 Å². The SMILES string of the molecule is CN1CCC(C)(CN=C2NC(C)(C)CS2)CC1. The Morgan fingerprint density at radius 1 is 1.29 bits per heavy atom. The van der Waals surface area contributed by atoms with Crippen LogP contribution in [0, 0.1) is 5.41 Å². The largest absolute Gasteiger partial charge is 0.359 e. The van der Waals surface area contributed by atoms with Gasteiger partial charge in [-0.15, -0.1) is 0 Å². The summed E-state index contributed by atoms with van der Waals surface area (Å²) in [6, 6.07) is 0. The van der Waals surface area contributed by atoms with Crippen LogP contribution in [0.4, 0.5) is 0 Å². The summed E-state index contributed by atoms with van der Waals surface area (Å²) in [5.41, 5.74) is 0.631. The molecule has 2 rings (SSSR count). The van der Waals surface area contributed by atoms with Gasteiger partial charge < -0.3 is 10.2 Å². The number of aliphatic imine (C=N–C) groups is 1. The standard InChI is InChI=1S/C13H25N3S/c1-12(2)10-17-11(15-12)14-9-13(3)5-7-16(4)8-6-13/h5-10H2,1-4H3,(H,14,15). The molecule has 0 saturated carbocycles. The molecule has 3 nitrogen and oxygen atoms in total. The van der Waals surface area contributed by atoms with Gasteiger partial charge in [0.05, 0.1) is 0 Å². The summed E-state index contributed by atoms with van der Waals surface area (Å²) in [7, 11) is 2.21. The van der Waals surface area contributed by atoms with E-state index in [0.29, 0.717) is 5.41 Å². The molecule has 4 heteroatoms. The summed E-state index contributed by atoms with van der Waals surface area (Å²) in [6.07, 6.45) is 2.54. The van der Waals surface area contributed by atoms with Crippen molar-refractivity contribution < 1.29 is 0 Å². The highest BCUT2D eigenvalue weighted by Crippen LogP contribution is 2.31. The summed E-state index contributed by atoms with van der Waals surface area (Å²) in [5.74, 6) is 1.13. The maximum absolute atomic E-state index is 4.79. The molecule has 0 aliphatic carbocycles. The van der Waals surface area contributed by atoms with Crippen LogP contribution in [0.25, 0.3) is 0 Å². The topological polar surface area (TPSA) is 27.6 Å². The van der Waals surface area contributed by atoms with Crippen molar-refractivity contribution in [2.45, 2.75) is 39.2 Å². The molecule has 2 saturated heterocycles. The Morgan fingerprint density at radius 3 is 2.47 bits per heavy atom. The van der Waals surface area contributed by atoms with E-state index in [2.05, 4.69) is 38.0 Å². The predicted molar refractivity (Wildman–Crippen MR) is 76.8 cm³/mol. The Morgan fingerprint density at radius 2 is 1.94 bits per heavy atom. The van der Waals surface area contributed by atoms with Crippen LogP contribution in [-0.2, 0) is 0 Å². The van der Waals surface area contributed by atoms with E-state index in [1.807, 2.05) is 11.8 Å². The second kappa shape index (κ2) is 4.81. The van der Waals surface area contributed by atoms with Gasteiger partial charge in [-0.3, -0.25) is 4.99 Å². The minimum absolute atomic E-state index is 0.219. The fourth-order valence-electron chi connectivity index (χ4n) is 2.27. The lowest BCUT2D eigenvalue weighted by atomic mass is 9.81. The molecular weight excluding hydrogens is 230 g/mol. The fraction of sp³-hybridized carbons (Fsp3) is 0.923. The second-order valence-electron chi connectivity index (χ2n) is 6.53. The number of rotatable bonds is 2. The Kier molecular flexibility index (Phi) is 3.74. The minimum atomic E-state index is 0.219. The van der Waals surface area contributed by atoms with Gasteiger partial charge in [0.15, 0.2) is 5.17 Å². The molecule has 2 aliphatic heterocycles. The zero-order valence-corrected chi connectivity index (χ0v) is 12.4. The van der Waals surface area contributed by atoms with Crippen molar-refractivity contribution in [2.24, 2.45) is 10.4 Å². The average Bonchev–Trinajstić information content (AvgIpc) is 2.61. The van der Waals surface area contributed by atoms with Gasteiger partial charge in [-0.2, -0.15) is 0 Å². The lowest BCUT2D eigenvalue weighted by Crippen LogP contribution is -2.39. The van der Waals surface area contributed by atoms with E-state index in [4.69, 9.17) is 4.99 Å². The van der Waals surface area contributed by atoms with Crippen LogP contribution in [0.2, 0.25) is 0 Å². The van der Waals surface area contributed by atoms with E-state index in [9.17, 15) is 0 Å². The van der Waals surface area contributed by atoms with Gasteiger partial charge in [0.25, 0.3) is 0 Å². The normalized spacial score (nSPS) is 30.5. The van der Waals surface area contributed by atoms with Crippen LogP contribution in [0.5, 0.6) is 0 Å². The van der Waals surface area contributed by atoms with E-state index in [-0.39, 0.29) is 5.54 Å². The number of thioether (sulfide) groups is 1. The maximum atomic E-state index is 4.79. The Bertz CT molecular complexity index is 304. The van der Waals surface area contributed by atoms with Crippen molar-refractivity contribution in [1.29, 1.82) is 0 Å². The zero-order valence-electron chi connectivity index (χ0n) is 11.5. The Labute approximate surface area is 109 Å². The van der Waals surface area contributed by atoms with Gasteiger partial charge in [0.2, 0.25) is 0 Å². The molecule has 2 fully saturated rings. The van der Waals surface area contributed by atoms with E-state index in [0.717, 1.165) is 17.5 Å². The average molecular weight is 255 g/mol. The van der Waals surface area contributed by atoms with Gasteiger partial charge in [-0.1, -0.05) is 18.7 Å². The van der Waals surface area contributed by atoms with Crippen LogP contribution in [-0.4, -0.2) is 48.0 Å². The third kappa shape index (κ3) is 3.62. The maximum Gasteiger partial charge on any atom is 0.157 e. The summed E-state index contributed by atoms with van der Waals surface area (Å²) in [4.78, 5) is 7.21. The third-order valence-corrected chi connectivity index (χ3v) is 5.18. The molecule has 0 aromatic carbocycles. The van der Waals surface area contributed by atoms with Crippen LogP contribution < -0.4 is 5.32 Å². The molecule has 0 radical (unpaired) electrons. The lowest BCUT2D eigenvalue weighted by molar-refractivity contribution is 0.147. The molecule has 17 heavy (non-hydrogen) atoms. The quantitative estimate of drug-likeness (QED) is 0.819. The molecule has 98 valence electrons. The molecule has 2 aliphatic rings. The van der Waals surface area contributed by atoms with E-state index in [1.165, 1.54) is 25.9 Å². The van der Waals surface area contributed by atoms with Crippen LogP contribution in [0.1, 0.15) is 33.6 Å². The van der Waals surface area contributed by atoms with Crippen molar-refractivity contribution >= 4 is 16.9 Å². The highest BCUT2D eigenvalue weighted by Gasteiger charge is 2.31. The van der Waals surface area contributed by atoms with Gasteiger partial charge in [0.1, 0.15) is 0 Å². The Hall–Kier alpha value is -0.220. The van der Waals surface area contributed by atoms with Crippen LogP contribution >= 0.6 is 11.8 Å². The second-order valence-corrected chi connectivity index (χ2v) is 7.50. The highest BCUT2D eigenvalue weighted by molar-refractivity contribution is 8.14. The number of hydrogen-bond acceptors (Lipinski definition) is 3. The number of hydrogen-bond donors (Lipinski definition) is 1. The van der Waals surface area contributed by atoms with Gasteiger partial charge in [-0.25, -0.2) is 0 Å². The van der Waals surface area contributed by atoms with Crippen molar-refractivity contribution in [2.75, 3.05) is 32.4 Å². The van der Waals surface area contributed by atoms with Gasteiger partial charge in [0, 0.05) is 17.8 Å². The zero-order chi connectivity index (χ0) is 12.5. The molecule has 0 amide bonds. The van der Waals surface area contributed by atoms with Gasteiger partial charge >= 0.3 is 0 Å². The number of nitrogens with zero attached hydrogens (tertiary/aromatic N) is 2. The number of amidine groups is 1. The first-order valence-electron chi connectivity index (χ1n) is 6.53. The van der Waals surface area contributed by atoms with Crippen molar-refractivity contribution in [1.82, 2.24) is 10.2 Å². The third-order valence-electron chi connectivity index (χ3n) is 3.81. The number of piperidine rings is 1. The predicted octanol–water partition coefficient (Wildman–Crippen LogP) is 2.19. The molecule has 0 bridgehead atoms. The fourth-order valence-corrected chi connectivity index (χ4v) is 3.35. The molecule has 0 aromatic rings. The summed E-state index contributed by atoms with van der Waals surface area (Å²) < 4.78 is 0. The lowest BCUT2D eigenvalue weighted by Gasteiger charge is -2.36. The molecule has 0 spiro atoms. The van der Waals surface area contributed by atoms with Crippen molar-refractivity contribution in [3.05, 3.63) is 0 Å². The molecule has 2 heterocycles. The number of nitrogens with one attached hydrogen (secondary N) is 1. The first-order valence-corrected chi connectivity index (χ1v) is 7.51. The van der Waals surface area contributed by atoms with Gasteiger partial charge in [-0.05, 0) is 52.2 Å². The Balaban J connectivity index is 1.87. The summed E-state index contributed by atoms with van der Waals surface area (Å²) in [6.45, 7) is 10.3. The van der Waals surface area contributed by atoms with Crippen LogP contribution in [0.3, 0.4) is 0 Å². The van der Waals surface area contributed by atoms with E-state index >= 15 is 0 Å². The molecule has 1 N–H and O–H groups in total. The van der Waals surface area contributed by atoms with Crippen LogP contribution in [0.15, 0.2) is 4.99 Å². The highest BCUT2D eigenvalue weighted by atomic mass is 32.2. The molecule has 0 unspecified atom stereocenters. The molecular formula is C13H25N3S. The smallest absolute Gasteiger partial charge is 0.157 e. The van der Waals surface area contributed by atoms with E-state index in [1.54, 1.807) is 0 Å². The van der Waals surface area contributed by atoms with Crippen molar-refractivity contribution in [3.63, 3.8) is 0 Å². The summed E-state index contributed by atoms with van der Waals surface area (Å²) in [5, 5.41) is 4.65. The summed E-state index contributed by atoms with van der Waals surface area (Å²) >= 11 is 1.87. The molecule has 0 atom stereocenters. The first-order chi connectivity index (χ1) is 7.89.